The fourth-order valence-corrected chi connectivity index (χ4v) is 4.56. The number of ketones is 1. The SMILES string of the molecule is CCCOC1=C(C)CC(=C2CNc3ccc4ccccc4c3C2=O)S1. The van der Waals surface area contributed by atoms with Gasteiger partial charge < -0.3 is 10.1 Å². The highest BCUT2D eigenvalue weighted by molar-refractivity contribution is 8.06. The topological polar surface area (TPSA) is 38.3 Å². The molecule has 128 valence electrons. The summed E-state index contributed by atoms with van der Waals surface area (Å²) in [6.45, 7) is 5.50. The average molecular weight is 351 g/mol. The number of thioether (sulfide) groups is 1. The van der Waals surface area contributed by atoms with Gasteiger partial charge in [-0.05, 0) is 35.8 Å². The number of anilines is 1. The van der Waals surface area contributed by atoms with Crippen molar-refractivity contribution in [3.05, 3.63) is 63.1 Å². The number of nitrogens with one attached hydrogen (secondary N) is 1. The number of benzene rings is 2. The minimum atomic E-state index is 0.151. The van der Waals surface area contributed by atoms with E-state index in [1.165, 1.54) is 5.57 Å². The monoisotopic (exact) mass is 351 g/mol. The van der Waals surface area contributed by atoms with Crippen LogP contribution in [-0.2, 0) is 4.74 Å². The predicted octanol–water partition coefficient (Wildman–Crippen LogP) is 5.50. The minimum Gasteiger partial charge on any atom is -0.487 e. The van der Waals surface area contributed by atoms with Gasteiger partial charge in [0.1, 0.15) is 0 Å². The Labute approximate surface area is 152 Å². The lowest BCUT2D eigenvalue weighted by Gasteiger charge is -2.22. The Bertz CT molecular complexity index is 927. The lowest BCUT2D eigenvalue weighted by molar-refractivity contribution is 0.103. The summed E-state index contributed by atoms with van der Waals surface area (Å²) < 4.78 is 5.84. The largest absolute Gasteiger partial charge is 0.487 e. The van der Waals surface area contributed by atoms with Gasteiger partial charge in [-0.2, -0.15) is 0 Å². The van der Waals surface area contributed by atoms with Crippen LogP contribution in [0.4, 0.5) is 5.69 Å². The molecule has 0 spiro atoms. The predicted molar refractivity (Wildman–Crippen MR) is 105 cm³/mol. The summed E-state index contributed by atoms with van der Waals surface area (Å²) in [6, 6.07) is 12.2. The van der Waals surface area contributed by atoms with E-state index in [0.29, 0.717) is 6.54 Å². The van der Waals surface area contributed by atoms with Gasteiger partial charge in [-0.15, -0.1) is 0 Å². The lowest BCUT2D eigenvalue weighted by Crippen LogP contribution is -2.22. The molecule has 4 heteroatoms. The van der Waals surface area contributed by atoms with Crippen molar-refractivity contribution >= 4 is 34.0 Å². The number of rotatable bonds is 3. The van der Waals surface area contributed by atoms with Crippen molar-refractivity contribution in [3.63, 3.8) is 0 Å². The average Bonchev–Trinajstić information content (AvgIpc) is 3.00. The molecule has 2 aromatic rings. The Morgan fingerprint density at radius 1 is 1.20 bits per heavy atom. The van der Waals surface area contributed by atoms with Gasteiger partial charge in [0.15, 0.2) is 10.9 Å². The van der Waals surface area contributed by atoms with Gasteiger partial charge in [0.2, 0.25) is 0 Å². The second-order valence-electron chi connectivity index (χ2n) is 6.49. The zero-order valence-corrected chi connectivity index (χ0v) is 15.3. The molecule has 2 aliphatic heterocycles. The standard InChI is InChI=1S/C21H21NO2S/c1-3-10-24-21-13(2)11-18(25-21)16-12-22-17-9-8-14-6-4-5-7-15(14)19(17)20(16)23/h4-9,22H,3,10-12H2,1-2H3. The molecule has 0 radical (unpaired) electrons. The van der Waals surface area contributed by atoms with Gasteiger partial charge in [-0.3, -0.25) is 4.79 Å². The Hall–Kier alpha value is -2.20. The maximum atomic E-state index is 13.3. The van der Waals surface area contributed by atoms with Crippen molar-refractivity contribution < 1.29 is 9.53 Å². The maximum absolute atomic E-state index is 13.3. The fourth-order valence-electron chi connectivity index (χ4n) is 3.37. The summed E-state index contributed by atoms with van der Waals surface area (Å²) in [5.41, 5.74) is 3.83. The molecule has 0 aromatic heterocycles. The van der Waals surface area contributed by atoms with Crippen molar-refractivity contribution in [1.82, 2.24) is 0 Å². The molecule has 0 unspecified atom stereocenters. The van der Waals surface area contributed by atoms with Crippen molar-refractivity contribution in [2.75, 3.05) is 18.5 Å². The van der Waals surface area contributed by atoms with Crippen LogP contribution in [0.2, 0.25) is 0 Å². The van der Waals surface area contributed by atoms with Gasteiger partial charge >= 0.3 is 0 Å². The van der Waals surface area contributed by atoms with Crippen LogP contribution in [0.1, 0.15) is 37.0 Å². The number of ether oxygens (including phenoxy) is 1. The molecule has 0 saturated carbocycles. The molecule has 2 aromatic carbocycles. The first-order valence-electron chi connectivity index (χ1n) is 8.71. The highest BCUT2D eigenvalue weighted by Gasteiger charge is 2.30. The van der Waals surface area contributed by atoms with Crippen LogP contribution in [0.25, 0.3) is 10.8 Å². The lowest BCUT2D eigenvalue weighted by atomic mass is 9.91. The first kappa shape index (κ1) is 16.3. The third kappa shape index (κ3) is 2.85. The van der Waals surface area contributed by atoms with Crippen LogP contribution in [-0.4, -0.2) is 18.9 Å². The number of hydrogen-bond donors (Lipinski definition) is 1. The molecule has 4 rings (SSSR count). The maximum Gasteiger partial charge on any atom is 0.194 e. The van der Waals surface area contributed by atoms with E-state index >= 15 is 0 Å². The van der Waals surface area contributed by atoms with Gasteiger partial charge in [0.05, 0.1) is 12.2 Å². The molecule has 0 saturated heterocycles. The summed E-state index contributed by atoms with van der Waals surface area (Å²) in [4.78, 5) is 14.4. The Morgan fingerprint density at radius 3 is 2.88 bits per heavy atom. The van der Waals surface area contributed by atoms with E-state index in [1.54, 1.807) is 11.8 Å². The number of hydrogen-bond acceptors (Lipinski definition) is 4. The van der Waals surface area contributed by atoms with Crippen molar-refractivity contribution in [1.29, 1.82) is 0 Å². The van der Waals surface area contributed by atoms with Crippen molar-refractivity contribution in [3.8, 4) is 0 Å². The first-order valence-corrected chi connectivity index (χ1v) is 9.53. The number of fused-ring (bicyclic) bond motifs is 3. The number of Topliss-reactive ketones (excluding diaryl/α,β-unsaturated/α-hetero) is 1. The third-order valence-corrected chi connectivity index (χ3v) is 5.94. The molecule has 1 N–H and O–H groups in total. The number of allylic oxidation sites excluding steroid dienone is 2. The Morgan fingerprint density at radius 2 is 2.04 bits per heavy atom. The molecule has 0 fully saturated rings. The fraction of sp³-hybridized carbons (Fsp3) is 0.286. The molecule has 2 aliphatic rings. The second kappa shape index (κ2) is 6.60. The molecule has 0 atom stereocenters. The normalized spacial score (nSPS) is 20.0. The van der Waals surface area contributed by atoms with Gasteiger partial charge in [-0.1, -0.05) is 49.0 Å². The smallest absolute Gasteiger partial charge is 0.194 e. The highest BCUT2D eigenvalue weighted by Crippen LogP contribution is 2.45. The minimum absolute atomic E-state index is 0.151. The Balaban J connectivity index is 1.72. The molecule has 0 bridgehead atoms. The summed E-state index contributed by atoms with van der Waals surface area (Å²) in [6.07, 6.45) is 1.80. The summed E-state index contributed by atoms with van der Waals surface area (Å²) in [5.74, 6) is 0.151. The van der Waals surface area contributed by atoms with Crippen LogP contribution in [0.15, 0.2) is 57.5 Å². The van der Waals surface area contributed by atoms with Crippen LogP contribution in [0.5, 0.6) is 0 Å². The Kier molecular flexibility index (Phi) is 4.30. The van der Waals surface area contributed by atoms with Crippen LogP contribution < -0.4 is 5.32 Å². The van der Waals surface area contributed by atoms with E-state index in [9.17, 15) is 4.79 Å². The van der Waals surface area contributed by atoms with E-state index in [-0.39, 0.29) is 5.78 Å². The van der Waals surface area contributed by atoms with Crippen LogP contribution in [0.3, 0.4) is 0 Å². The summed E-state index contributed by atoms with van der Waals surface area (Å²) >= 11 is 1.63. The molecule has 3 nitrogen and oxygen atoms in total. The molecule has 25 heavy (non-hydrogen) atoms. The molecular formula is C21H21NO2S. The van der Waals surface area contributed by atoms with Gasteiger partial charge in [0, 0.05) is 29.1 Å². The molecule has 2 heterocycles. The highest BCUT2D eigenvalue weighted by atomic mass is 32.2. The number of carbonyl (C=O) groups excluding carboxylic acids is 1. The van der Waals surface area contributed by atoms with Crippen LogP contribution in [0, 0.1) is 0 Å². The second-order valence-corrected chi connectivity index (χ2v) is 7.56. The van der Waals surface area contributed by atoms with Gasteiger partial charge in [-0.25, -0.2) is 0 Å². The number of carbonyl (C=O) groups is 1. The van der Waals surface area contributed by atoms with E-state index in [2.05, 4.69) is 31.3 Å². The molecular weight excluding hydrogens is 330 g/mol. The summed E-state index contributed by atoms with van der Waals surface area (Å²) in [7, 11) is 0. The molecule has 0 amide bonds. The third-order valence-electron chi connectivity index (χ3n) is 4.65. The first-order chi connectivity index (χ1) is 12.2. The zero-order valence-electron chi connectivity index (χ0n) is 14.5. The van der Waals surface area contributed by atoms with E-state index in [4.69, 9.17) is 4.74 Å². The van der Waals surface area contributed by atoms with Crippen molar-refractivity contribution in [2.24, 2.45) is 0 Å². The van der Waals surface area contributed by atoms with Gasteiger partial charge in [0.25, 0.3) is 0 Å². The van der Waals surface area contributed by atoms with E-state index in [1.807, 2.05) is 24.3 Å². The summed E-state index contributed by atoms with van der Waals surface area (Å²) in [5, 5.41) is 6.53. The quantitative estimate of drug-likeness (QED) is 0.741. The molecule has 0 aliphatic carbocycles. The van der Waals surface area contributed by atoms with Crippen LogP contribution >= 0.6 is 11.8 Å². The van der Waals surface area contributed by atoms with Crippen molar-refractivity contribution in [2.45, 2.75) is 26.7 Å². The van der Waals surface area contributed by atoms with E-state index < -0.39 is 0 Å². The van der Waals surface area contributed by atoms with E-state index in [0.717, 1.165) is 57.0 Å². The zero-order chi connectivity index (χ0) is 17.4.